The first-order valence-corrected chi connectivity index (χ1v) is 16.6. The van der Waals surface area contributed by atoms with Crippen LogP contribution in [0.2, 0.25) is 20.1 Å². The van der Waals surface area contributed by atoms with Crippen molar-refractivity contribution in [3.05, 3.63) is 146 Å². The van der Waals surface area contributed by atoms with E-state index in [1.807, 2.05) is 72.8 Å². The van der Waals surface area contributed by atoms with E-state index in [0.29, 0.717) is 76.0 Å². The van der Waals surface area contributed by atoms with Gasteiger partial charge in [-0.25, -0.2) is 0 Å². The van der Waals surface area contributed by atoms with Gasteiger partial charge in [0.15, 0.2) is 46.0 Å². The summed E-state index contributed by atoms with van der Waals surface area (Å²) in [5.41, 5.74) is 1.89. The second-order valence-corrected chi connectivity index (χ2v) is 12.5. The normalized spacial score (nSPS) is 11.5. The topological polar surface area (TPSA) is 77.4 Å². The van der Waals surface area contributed by atoms with Crippen molar-refractivity contribution >= 4 is 74.9 Å². The van der Waals surface area contributed by atoms with E-state index in [1.165, 1.54) is 0 Å². The smallest absolute Gasteiger partial charge is 0.449 e. The average Bonchev–Trinajstić information content (AvgIpc) is 3.10. The monoisotopic (exact) mass is 780 g/mol. The SMILES string of the molecule is Clc1ccc2c(c1Br)Oc1ccccc1O2.Clc1ccccc1-c1c(Cl)ccc2c1Oc1ccccc1O2.OB(O)c1ccccc1Cl. The molecule has 0 fully saturated rings. The summed E-state index contributed by atoms with van der Waals surface area (Å²) in [5, 5.41) is 19.5. The molecule has 0 aromatic heterocycles. The summed E-state index contributed by atoms with van der Waals surface area (Å²) in [4.78, 5) is 0. The summed E-state index contributed by atoms with van der Waals surface area (Å²) in [6.45, 7) is 0. The molecule has 8 rings (SSSR count). The van der Waals surface area contributed by atoms with Crippen LogP contribution in [0.3, 0.4) is 0 Å². The molecule has 0 bridgehead atoms. The van der Waals surface area contributed by atoms with E-state index in [-0.39, 0.29) is 0 Å². The number of para-hydroxylation sites is 4. The van der Waals surface area contributed by atoms with Crippen molar-refractivity contribution < 1.29 is 29.0 Å². The first kappa shape index (κ1) is 34.0. The highest BCUT2D eigenvalue weighted by atomic mass is 79.9. The van der Waals surface area contributed by atoms with Crippen LogP contribution < -0.4 is 24.4 Å². The Bertz CT molecular complexity index is 2110. The molecule has 2 aliphatic rings. The zero-order valence-corrected chi connectivity index (χ0v) is 29.2. The number of rotatable bonds is 2. The number of fused-ring (bicyclic) bond motifs is 4. The molecule has 240 valence electrons. The minimum atomic E-state index is -1.48. The molecular weight excluding hydrogens is 761 g/mol. The van der Waals surface area contributed by atoms with E-state index in [4.69, 9.17) is 75.4 Å². The molecule has 0 aliphatic carbocycles. The van der Waals surface area contributed by atoms with E-state index in [9.17, 15) is 0 Å². The van der Waals surface area contributed by atoms with Gasteiger partial charge in [-0.1, -0.05) is 107 Å². The van der Waals surface area contributed by atoms with Crippen LogP contribution in [0.25, 0.3) is 11.1 Å². The summed E-state index contributed by atoms with van der Waals surface area (Å²) in [6, 6.07) is 36.3. The van der Waals surface area contributed by atoms with Crippen molar-refractivity contribution in [2.45, 2.75) is 0 Å². The highest BCUT2D eigenvalue weighted by Crippen LogP contribution is 2.53. The zero-order valence-electron chi connectivity index (χ0n) is 24.5. The minimum Gasteiger partial charge on any atom is -0.449 e. The molecular formula is C36H22BBrCl4O6. The fraction of sp³-hybridized carbons (Fsp3) is 0. The van der Waals surface area contributed by atoms with Gasteiger partial charge in [0, 0.05) is 26.6 Å². The molecule has 0 saturated carbocycles. The molecule has 0 amide bonds. The summed E-state index contributed by atoms with van der Waals surface area (Å²) in [5.74, 6) is 5.23. The maximum absolute atomic E-state index is 8.68. The van der Waals surface area contributed by atoms with Crippen LogP contribution in [-0.2, 0) is 0 Å². The van der Waals surface area contributed by atoms with E-state index in [0.717, 1.165) is 11.1 Å². The van der Waals surface area contributed by atoms with Gasteiger partial charge in [0.1, 0.15) is 0 Å². The highest BCUT2D eigenvalue weighted by Gasteiger charge is 2.25. The first-order chi connectivity index (χ1) is 23.2. The summed E-state index contributed by atoms with van der Waals surface area (Å²) >= 11 is 27.7. The van der Waals surface area contributed by atoms with Crippen molar-refractivity contribution in [1.29, 1.82) is 0 Å². The summed E-state index contributed by atoms with van der Waals surface area (Å²) < 4.78 is 24.1. The third kappa shape index (κ3) is 7.41. The molecule has 0 spiro atoms. The molecule has 2 aliphatic heterocycles. The standard InChI is InChI=1S/C18H10Cl2O2.C12H6BrClO2.C6H6BClO2/c19-12-6-2-1-5-11(12)17-13(20)9-10-16-18(17)22-15-8-4-3-7-14(15)21-16;13-11-7(14)5-6-10-12(11)16-9-4-2-1-3-8(9)15-10;8-6-4-2-1-3-5(6)7(9)10/h1-10H;1-6H;1-4,9-10H. The van der Waals surface area contributed by atoms with Crippen molar-refractivity contribution in [1.82, 2.24) is 0 Å². The molecule has 0 radical (unpaired) electrons. The lowest BCUT2D eigenvalue weighted by atomic mass is 9.80. The van der Waals surface area contributed by atoms with Gasteiger partial charge in [0.05, 0.1) is 14.5 Å². The van der Waals surface area contributed by atoms with E-state index in [2.05, 4.69) is 15.9 Å². The Morgan fingerprint density at radius 2 is 0.896 bits per heavy atom. The maximum atomic E-state index is 8.68. The Morgan fingerprint density at radius 3 is 1.44 bits per heavy atom. The number of hydrogen-bond acceptors (Lipinski definition) is 6. The molecule has 6 aromatic rings. The molecule has 2 heterocycles. The predicted octanol–water partition coefficient (Wildman–Crippen LogP) is 11.6. The Hall–Kier alpha value is -3.86. The van der Waals surface area contributed by atoms with E-state index >= 15 is 0 Å². The predicted molar refractivity (Wildman–Crippen MR) is 196 cm³/mol. The third-order valence-electron chi connectivity index (χ3n) is 6.97. The second-order valence-electron chi connectivity index (χ2n) is 10.1. The van der Waals surface area contributed by atoms with E-state index in [1.54, 1.807) is 48.5 Å². The summed E-state index contributed by atoms with van der Waals surface area (Å²) in [7, 11) is -1.48. The number of halogens is 5. The molecule has 6 nitrogen and oxygen atoms in total. The third-order valence-corrected chi connectivity index (χ3v) is 9.29. The van der Waals surface area contributed by atoms with Crippen molar-refractivity contribution in [3.63, 3.8) is 0 Å². The van der Waals surface area contributed by atoms with Crippen LogP contribution in [-0.4, -0.2) is 17.2 Å². The Morgan fingerprint density at radius 1 is 0.438 bits per heavy atom. The zero-order chi connectivity index (χ0) is 33.8. The molecule has 0 atom stereocenters. The quantitative estimate of drug-likeness (QED) is 0.170. The van der Waals surface area contributed by atoms with Gasteiger partial charge >= 0.3 is 7.12 Å². The lowest BCUT2D eigenvalue weighted by Crippen LogP contribution is -2.30. The molecule has 12 heteroatoms. The fourth-order valence-corrected chi connectivity index (χ4v) is 5.98. The Kier molecular flexibility index (Phi) is 10.7. The fourth-order valence-electron chi connectivity index (χ4n) is 4.70. The van der Waals surface area contributed by atoms with Crippen LogP contribution in [0.15, 0.2) is 126 Å². The molecule has 0 saturated heterocycles. The van der Waals surface area contributed by atoms with Crippen LogP contribution in [0, 0.1) is 0 Å². The largest absolute Gasteiger partial charge is 0.489 e. The van der Waals surface area contributed by atoms with Crippen molar-refractivity contribution in [2.24, 2.45) is 0 Å². The highest BCUT2D eigenvalue weighted by molar-refractivity contribution is 9.10. The van der Waals surface area contributed by atoms with Gasteiger partial charge in [-0.15, -0.1) is 0 Å². The summed E-state index contributed by atoms with van der Waals surface area (Å²) in [6.07, 6.45) is 0. The second kappa shape index (κ2) is 15.1. The van der Waals surface area contributed by atoms with Crippen molar-refractivity contribution in [2.75, 3.05) is 0 Å². The first-order valence-electron chi connectivity index (χ1n) is 14.3. The van der Waals surface area contributed by atoms with Gasteiger partial charge in [-0.05, 0) is 76.6 Å². The lowest BCUT2D eigenvalue weighted by Gasteiger charge is -2.23. The van der Waals surface area contributed by atoms with Gasteiger partial charge in [0.25, 0.3) is 0 Å². The van der Waals surface area contributed by atoms with Gasteiger partial charge < -0.3 is 29.0 Å². The maximum Gasteiger partial charge on any atom is 0.489 e. The number of ether oxygens (including phenoxy) is 4. The van der Waals surface area contributed by atoms with Gasteiger partial charge in [-0.3, -0.25) is 0 Å². The molecule has 0 unspecified atom stereocenters. The average molecular weight is 783 g/mol. The molecule has 48 heavy (non-hydrogen) atoms. The lowest BCUT2D eigenvalue weighted by molar-refractivity contribution is 0.358. The number of benzene rings is 6. The van der Waals surface area contributed by atoms with Gasteiger partial charge in [0.2, 0.25) is 0 Å². The van der Waals surface area contributed by atoms with Crippen LogP contribution in [0.5, 0.6) is 46.0 Å². The Labute approximate surface area is 305 Å². The van der Waals surface area contributed by atoms with E-state index < -0.39 is 7.12 Å². The van der Waals surface area contributed by atoms with Gasteiger partial charge in [-0.2, -0.15) is 0 Å². The van der Waals surface area contributed by atoms with Crippen LogP contribution in [0.1, 0.15) is 0 Å². The van der Waals surface area contributed by atoms with Crippen LogP contribution >= 0.6 is 62.3 Å². The van der Waals surface area contributed by atoms with Crippen molar-refractivity contribution in [3.8, 4) is 57.1 Å². The Balaban J connectivity index is 0.000000135. The minimum absolute atomic E-state index is 0.337. The number of hydrogen-bond donors (Lipinski definition) is 2. The molecule has 2 N–H and O–H groups in total. The molecule has 6 aromatic carbocycles. The van der Waals surface area contributed by atoms with Crippen LogP contribution in [0.4, 0.5) is 0 Å².